The van der Waals surface area contributed by atoms with Gasteiger partial charge < -0.3 is 25.4 Å². The highest BCUT2D eigenvalue weighted by Gasteiger charge is 2.15. The summed E-state index contributed by atoms with van der Waals surface area (Å²) in [5.41, 5.74) is 7.60. The van der Waals surface area contributed by atoms with Crippen LogP contribution in [0, 0.1) is 10.1 Å². The van der Waals surface area contributed by atoms with Gasteiger partial charge in [0.05, 0.1) is 10.6 Å². The van der Waals surface area contributed by atoms with Crippen molar-refractivity contribution < 1.29 is 24.6 Å². The number of nitro benzene ring substituents is 1. The van der Waals surface area contributed by atoms with Gasteiger partial charge >= 0.3 is 5.69 Å². The van der Waals surface area contributed by atoms with Crippen LogP contribution in [0.5, 0.6) is 23.0 Å². The first kappa shape index (κ1) is 22.4. The summed E-state index contributed by atoms with van der Waals surface area (Å²) >= 11 is 0. The van der Waals surface area contributed by atoms with Crippen LogP contribution in [-0.2, 0) is 0 Å². The monoisotopic (exact) mass is 388 g/mol. The van der Waals surface area contributed by atoms with E-state index in [1.54, 1.807) is 13.0 Å². The summed E-state index contributed by atoms with van der Waals surface area (Å²) in [6, 6.07) is 8.25. The topological polar surface area (TPSA) is 128 Å². The van der Waals surface area contributed by atoms with Gasteiger partial charge in [0.15, 0.2) is 0 Å². The standard InChI is InChI=1S/C10H11NO4.C10H13NO2/c1-7(2)6-15-10-5-8(12)3-4-9(10)11(13)14;1-7(2)6-13-10-5-8(12)3-4-9(10)11/h3-5,12H,1,6H2,2H3;3-5,12H,1,6,11H2,2H3. The predicted octanol–water partition coefficient (Wildman–Crippen LogP) is 4.18. The van der Waals surface area contributed by atoms with Gasteiger partial charge in [-0.05, 0) is 43.2 Å². The Kier molecular flexibility index (Phi) is 8.36. The molecule has 0 fully saturated rings. The number of rotatable bonds is 7. The van der Waals surface area contributed by atoms with Crippen LogP contribution in [-0.4, -0.2) is 28.4 Å². The molecule has 8 heteroatoms. The molecule has 0 aliphatic carbocycles. The molecule has 150 valence electrons. The van der Waals surface area contributed by atoms with Crippen molar-refractivity contribution in [2.45, 2.75) is 13.8 Å². The zero-order valence-corrected chi connectivity index (χ0v) is 15.8. The molecule has 2 rings (SSSR count). The average Bonchev–Trinajstić information content (AvgIpc) is 2.61. The number of nitrogens with zero attached hydrogens (tertiary/aromatic N) is 1. The highest BCUT2D eigenvalue weighted by atomic mass is 16.6. The number of anilines is 1. The normalized spacial score (nSPS) is 9.64. The van der Waals surface area contributed by atoms with E-state index in [9.17, 15) is 10.1 Å². The molecule has 8 nitrogen and oxygen atoms in total. The van der Waals surface area contributed by atoms with Crippen LogP contribution in [0.15, 0.2) is 60.7 Å². The number of phenolic OH excluding ortho intramolecular Hbond substituents is 2. The number of aromatic hydroxyl groups is 2. The largest absolute Gasteiger partial charge is 0.508 e. The molecular formula is C20H24N2O6. The van der Waals surface area contributed by atoms with Crippen LogP contribution >= 0.6 is 0 Å². The Balaban J connectivity index is 0.000000283. The fourth-order valence-electron chi connectivity index (χ4n) is 1.82. The third kappa shape index (κ3) is 7.69. The van der Waals surface area contributed by atoms with Crippen LogP contribution in [0.2, 0.25) is 0 Å². The molecule has 0 heterocycles. The molecule has 0 spiro atoms. The number of ether oxygens (including phenoxy) is 2. The molecule has 0 atom stereocenters. The van der Waals surface area contributed by atoms with E-state index in [0.29, 0.717) is 18.0 Å². The number of benzene rings is 2. The van der Waals surface area contributed by atoms with Crippen molar-refractivity contribution in [1.29, 1.82) is 0 Å². The summed E-state index contributed by atoms with van der Waals surface area (Å²) in [7, 11) is 0. The highest BCUT2D eigenvalue weighted by molar-refractivity contribution is 5.55. The van der Waals surface area contributed by atoms with Crippen molar-refractivity contribution >= 4 is 11.4 Å². The van der Waals surface area contributed by atoms with E-state index in [1.165, 1.54) is 30.3 Å². The molecule has 4 N–H and O–H groups in total. The average molecular weight is 388 g/mol. The van der Waals surface area contributed by atoms with Crippen LogP contribution in [0.4, 0.5) is 11.4 Å². The summed E-state index contributed by atoms with van der Waals surface area (Å²) in [4.78, 5) is 10.0. The third-order valence-corrected chi connectivity index (χ3v) is 3.09. The predicted molar refractivity (Wildman–Crippen MR) is 108 cm³/mol. The Morgan fingerprint density at radius 2 is 1.46 bits per heavy atom. The second-order valence-electron chi connectivity index (χ2n) is 6.12. The number of nitrogens with two attached hydrogens (primary N) is 1. The second kappa shape index (κ2) is 10.5. The van der Waals surface area contributed by atoms with Gasteiger partial charge in [-0.25, -0.2) is 0 Å². The van der Waals surface area contributed by atoms with Crippen LogP contribution in [0.3, 0.4) is 0 Å². The number of nitrogen functional groups attached to an aromatic ring is 1. The first-order chi connectivity index (χ1) is 13.1. The Hall–Kier alpha value is -3.68. The Labute approximate surface area is 163 Å². The third-order valence-electron chi connectivity index (χ3n) is 3.09. The van der Waals surface area contributed by atoms with Crippen molar-refractivity contribution in [3.8, 4) is 23.0 Å². The van der Waals surface area contributed by atoms with E-state index < -0.39 is 4.92 Å². The lowest BCUT2D eigenvalue weighted by Crippen LogP contribution is -2.00. The van der Waals surface area contributed by atoms with Gasteiger partial charge in [0.2, 0.25) is 5.75 Å². The first-order valence-corrected chi connectivity index (χ1v) is 8.20. The fourth-order valence-corrected chi connectivity index (χ4v) is 1.82. The van der Waals surface area contributed by atoms with Crippen LogP contribution in [0.1, 0.15) is 13.8 Å². The molecule has 0 saturated carbocycles. The molecule has 0 aromatic heterocycles. The van der Waals surface area contributed by atoms with Gasteiger partial charge in [-0.3, -0.25) is 10.1 Å². The lowest BCUT2D eigenvalue weighted by Gasteiger charge is -2.08. The van der Waals surface area contributed by atoms with Gasteiger partial charge in [-0.2, -0.15) is 0 Å². The van der Waals surface area contributed by atoms with E-state index in [4.69, 9.17) is 25.4 Å². The Morgan fingerprint density at radius 3 is 1.96 bits per heavy atom. The van der Waals surface area contributed by atoms with Gasteiger partial charge in [0, 0.05) is 18.2 Å². The number of hydrogen-bond donors (Lipinski definition) is 3. The molecule has 2 aromatic carbocycles. The van der Waals surface area contributed by atoms with Gasteiger partial charge in [-0.1, -0.05) is 13.2 Å². The SMILES string of the molecule is C=C(C)COc1cc(O)ccc1N.C=C(C)COc1cc(O)ccc1[N+](=O)[O-]. The number of hydrogen-bond acceptors (Lipinski definition) is 7. The maximum Gasteiger partial charge on any atom is 0.311 e. The maximum atomic E-state index is 10.6. The lowest BCUT2D eigenvalue weighted by atomic mass is 10.3. The summed E-state index contributed by atoms with van der Waals surface area (Å²) in [6.07, 6.45) is 0. The van der Waals surface area contributed by atoms with Crippen LogP contribution < -0.4 is 15.2 Å². The van der Waals surface area contributed by atoms with Gasteiger partial charge in [0.1, 0.15) is 30.5 Å². The van der Waals surface area contributed by atoms with Crippen molar-refractivity contribution in [2.24, 2.45) is 0 Å². The van der Waals surface area contributed by atoms with E-state index in [-0.39, 0.29) is 29.5 Å². The minimum absolute atomic E-state index is 0.0444. The molecular weight excluding hydrogens is 364 g/mol. The minimum atomic E-state index is -0.562. The van der Waals surface area contributed by atoms with Crippen molar-refractivity contribution in [2.75, 3.05) is 18.9 Å². The van der Waals surface area contributed by atoms with E-state index in [0.717, 1.165) is 11.1 Å². The molecule has 0 unspecified atom stereocenters. The number of nitro groups is 1. The zero-order chi connectivity index (χ0) is 21.3. The van der Waals surface area contributed by atoms with Gasteiger partial charge in [0.25, 0.3) is 0 Å². The maximum absolute atomic E-state index is 10.6. The summed E-state index contributed by atoms with van der Waals surface area (Å²) in [5, 5.41) is 28.9. The summed E-state index contributed by atoms with van der Waals surface area (Å²) in [6.45, 7) is 11.5. The molecule has 0 aliphatic rings. The number of phenols is 2. The quantitative estimate of drug-likeness (QED) is 0.213. The molecule has 0 bridgehead atoms. The van der Waals surface area contributed by atoms with E-state index in [1.807, 2.05) is 6.92 Å². The highest BCUT2D eigenvalue weighted by Crippen LogP contribution is 2.30. The van der Waals surface area contributed by atoms with Crippen molar-refractivity contribution in [3.63, 3.8) is 0 Å². The van der Waals surface area contributed by atoms with E-state index in [2.05, 4.69) is 13.2 Å². The molecule has 0 aliphatic heterocycles. The van der Waals surface area contributed by atoms with Crippen molar-refractivity contribution in [1.82, 2.24) is 0 Å². The smallest absolute Gasteiger partial charge is 0.311 e. The Bertz CT molecular complexity index is 864. The molecule has 0 radical (unpaired) electrons. The fraction of sp³-hybridized carbons (Fsp3) is 0.200. The lowest BCUT2D eigenvalue weighted by molar-refractivity contribution is -0.385. The van der Waals surface area contributed by atoms with Crippen molar-refractivity contribution in [3.05, 3.63) is 70.8 Å². The van der Waals surface area contributed by atoms with Gasteiger partial charge in [-0.15, -0.1) is 0 Å². The zero-order valence-electron chi connectivity index (χ0n) is 15.8. The molecule has 2 aromatic rings. The Morgan fingerprint density at radius 1 is 1.00 bits per heavy atom. The minimum Gasteiger partial charge on any atom is -0.508 e. The second-order valence-corrected chi connectivity index (χ2v) is 6.12. The summed E-state index contributed by atoms with van der Waals surface area (Å²) < 4.78 is 10.4. The molecule has 0 saturated heterocycles. The van der Waals surface area contributed by atoms with E-state index >= 15 is 0 Å². The molecule has 0 amide bonds. The summed E-state index contributed by atoms with van der Waals surface area (Å²) in [5.74, 6) is 0.606. The molecule has 28 heavy (non-hydrogen) atoms. The van der Waals surface area contributed by atoms with Crippen LogP contribution in [0.25, 0.3) is 0 Å². The first-order valence-electron chi connectivity index (χ1n) is 8.20.